The Morgan fingerprint density at radius 1 is 1.69 bits per heavy atom. The Morgan fingerprint density at radius 2 is 2.23 bits per heavy atom. The van der Waals surface area contributed by atoms with Crippen molar-refractivity contribution >= 4 is 16.7 Å². The highest BCUT2D eigenvalue weighted by Gasteiger charge is 2.03. The average molecular weight is 210 g/mol. The van der Waals surface area contributed by atoms with Gasteiger partial charge in [-0.2, -0.15) is 0 Å². The van der Waals surface area contributed by atoms with E-state index in [1.54, 1.807) is 0 Å². The topological polar surface area (TPSA) is 81.5 Å². The van der Waals surface area contributed by atoms with E-state index in [1.807, 2.05) is 6.34 Å². The smallest absolute Gasteiger partial charge is 0.232 e. The Bertz CT molecular complexity index is 260. The molecule has 0 saturated carbocycles. The Labute approximate surface area is 78.2 Å². The summed E-state index contributed by atoms with van der Waals surface area (Å²) in [6.45, 7) is 5.58. The van der Waals surface area contributed by atoms with Crippen molar-refractivity contribution in [2.75, 3.05) is 26.7 Å². The van der Waals surface area contributed by atoms with Crippen molar-refractivity contribution in [2.24, 2.45) is 0 Å². The first-order chi connectivity index (χ1) is 5.99. The average Bonchev–Trinajstić information content (AvgIpc) is 2.56. The molecule has 0 fully saturated rings. The van der Waals surface area contributed by atoms with Crippen LogP contribution >= 0.6 is 0 Å². The van der Waals surface area contributed by atoms with E-state index in [9.17, 15) is 13.0 Å². The monoisotopic (exact) mass is 210 g/mol. The van der Waals surface area contributed by atoms with E-state index >= 15 is 0 Å². The van der Waals surface area contributed by atoms with Gasteiger partial charge >= 0.3 is 0 Å². The first kappa shape index (κ1) is 12.3. The second-order valence-corrected chi connectivity index (χ2v) is 3.44. The largest absolute Gasteiger partial charge is 0.726 e. The normalized spacial score (nSPS) is 15.5. The lowest BCUT2D eigenvalue weighted by Gasteiger charge is -1.98. The van der Waals surface area contributed by atoms with Gasteiger partial charge in [-0.15, -0.1) is 0 Å². The van der Waals surface area contributed by atoms with Crippen molar-refractivity contribution in [2.45, 2.75) is 6.92 Å². The fourth-order valence-electron chi connectivity index (χ4n) is 0.716. The summed E-state index contributed by atoms with van der Waals surface area (Å²) in [6, 6.07) is 0. The summed E-state index contributed by atoms with van der Waals surface area (Å²) in [5.41, 5.74) is 0. The second-order valence-electron chi connectivity index (χ2n) is 2.29. The molecule has 7 heteroatoms. The third-order valence-corrected chi connectivity index (χ3v) is 1.84. The maximum atomic E-state index is 9.22. The molecule has 0 aliphatic carbocycles. The number of nitrogens with one attached hydrogen (secondary N) is 1. The molecule has 78 valence electrons. The maximum Gasteiger partial charge on any atom is 0.232 e. The highest BCUT2D eigenvalue weighted by Crippen LogP contribution is 1.75. The molecule has 0 spiro atoms. The molecule has 0 aromatic carbocycles. The number of nitrogens with zero attached hydrogens (tertiary/aromatic N) is 1. The minimum absolute atomic E-state index is 0.808. The minimum atomic E-state index is -4.41. The molecular weight excluding hydrogens is 196 g/mol. The van der Waals surface area contributed by atoms with E-state index < -0.39 is 10.4 Å². The van der Waals surface area contributed by atoms with E-state index in [-0.39, 0.29) is 0 Å². The third kappa shape index (κ3) is 7.69. The molecule has 0 unspecified atom stereocenters. The van der Waals surface area contributed by atoms with Gasteiger partial charge in [-0.05, 0) is 6.92 Å². The van der Waals surface area contributed by atoms with Gasteiger partial charge in [-0.25, -0.2) is 8.42 Å². The zero-order chi connectivity index (χ0) is 10.3. The van der Waals surface area contributed by atoms with Crippen LogP contribution in [0.3, 0.4) is 0 Å². The molecule has 1 aliphatic heterocycles. The molecule has 0 saturated heterocycles. The van der Waals surface area contributed by atoms with Crippen LogP contribution in [-0.2, 0) is 14.6 Å². The molecular formula is C6H14N2O4S. The van der Waals surface area contributed by atoms with Crippen LogP contribution in [0.1, 0.15) is 6.92 Å². The molecule has 0 amide bonds. The van der Waals surface area contributed by atoms with Crippen molar-refractivity contribution in [3.05, 3.63) is 0 Å². The lowest BCUT2D eigenvalue weighted by Crippen LogP contribution is -2.07. The van der Waals surface area contributed by atoms with Crippen molar-refractivity contribution in [3.63, 3.8) is 0 Å². The minimum Gasteiger partial charge on any atom is -0.726 e. The van der Waals surface area contributed by atoms with Crippen LogP contribution in [0, 0.1) is 0 Å². The molecule has 0 aromatic heterocycles. The molecule has 0 bridgehead atoms. The standard InChI is InChI=1S/C5H10N2.CH4O4S/c1-2-7-4-3-6-5-7;1-5-6(2,3)4/h5H,2-4H2,1H3;1H3,(H,2,3,4). The Kier molecular flexibility index (Phi) is 5.60. The van der Waals surface area contributed by atoms with Crippen molar-refractivity contribution in [1.29, 1.82) is 0 Å². The summed E-state index contributed by atoms with van der Waals surface area (Å²) < 4.78 is 33.3. The van der Waals surface area contributed by atoms with Gasteiger partial charge in [0.05, 0.1) is 13.7 Å². The van der Waals surface area contributed by atoms with E-state index in [2.05, 4.69) is 21.0 Å². The SMILES string of the molecule is CC[N+]1=CNCC1.COS(=O)(=O)[O-]. The summed E-state index contributed by atoms with van der Waals surface area (Å²) in [5.74, 6) is 0. The first-order valence-electron chi connectivity index (χ1n) is 3.81. The zero-order valence-corrected chi connectivity index (χ0v) is 8.50. The van der Waals surface area contributed by atoms with Crippen LogP contribution < -0.4 is 5.32 Å². The van der Waals surface area contributed by atoms with Gasteiger partial charge < -0.3 is 4.55 Å². The van der Waals surface area contributed by atoms with E-state index in [0.29, 0.717) is 0 Å². The Balaban J connectivity index is 0.000000226. The second kappa shape index (κ2) is 5.90. The van der Waals surface area contributed by atoms with Gasteiger partial charge in [-0.1, -0.05) is 0 Å². The van der Waals surface area contributed by atoms with Gasteiger partial charge in [0.1, 0.15) is 13.1 Å². The summed E-state index contributed by atoms with van der Waals surface area (Å²) in [7, 11) is -3.60. The number of hydrogen-bond acceptors (Lipinski definition) is 5. The Morgan fingerprint density at radius 3 is 2.38 bits per heavy atom. The van der Waals surface area contributed by atoms with Crippen LogP contribution in [0.2, 0.25) is 0 Å². The molecule has 0 atom stereocenters. The summed E-state index contributed by atoms with van der Waals surface area (Å²) in [5, 5.41) is 3.12. The summed E-state index contributed by atoms with van der Waals surface area (Å²) in [4.78, 5) is 0. The maximum absolute atomic E-state index is 9.22. The van der Waals surface area contributed by atoms with Crippen molar-refractivity contribution in [1.82, 2.24) is 5.32 Å². The lowest BCUT2D eigenvalue weighted by atomic mass is 10.6. The zero-order valence-electron chi connectivity index (χ0n) is 7.69. The van der Waals surface area contributed by atoms with Crippen LogP contribution in [0.5, 0.6) is 0 Å². The van der Waals surface area contributed by atoms with E-state index in [4.69, 9.17) is 0 Å². The van der Waals surface area contributed by atoms with E-state index in [1.165, 1.54) is 6.54 Å². The first-order valence-corrected chi connectivity index (χ1v) is 5.15. The molecule has 1 rings (SSSR count). The number of rotatable bonds is 2. The number of hydrogen-bond donors (Lipinski definition) is 1. The molecule has 1 N–H and O–H groups in total. The van der Waals surface area contributed by atoms with Crippen molar-refractivity contribution < 1.29 is 21.7 Å². The molecule has 0 radical (unpaired) electrons. The molecule has 13 heavy (non-hydrogen) atoms. The highest BCUT2D eigenvalue weighted by molar-refractivity contribution is 7.80. The number of likely N-dealkylation sites (N-methyl/N-ethyl adjacent to an activating group) is 1. The molecule has 1 heterocycles. The van der Waals surface area contributed by atoms with Crippen molar-refractivity contribution in [3.8, 4) is 0 Å². The van der Waals surface area contributed by atoms with Gasteiger partial charge in [0.15, 0.2) is 0 Å². The Hall–Kier alpha value is -0.660. The van der Waals surface area contributed by atoms with Crippen LogP contribution in [-0.4, -0.2) is 50.6 Å². The van der Waals surface area contributed by atoms with Gasteiger partial charge in [0.2, 0.25) is 16.7 Å². The quantitative estimate of drug-likeness (QED) is 0.349. The van der Waals surface area contributed by atoms with Gasteiger partial charge in [-0.3, -0.25) is 14.1 Å². The van der Waals surface area contributed by atoms with E-state index in [0.717, 1.165) is 20.2 Å². The predicted molar refractivity (Wildman–Crippen MR) is 46.4 cm³/mol. The fourth-order valence-corrected chi connectivity index (χ4v) is 0.716. The van der Waals surface area contributed by atoms with Gasteiger partial charge in [0, 0.05) is 0 Å². The van der Waals surface area contributed by atoms with Crippen LogP contribution in [0.4, 0.5) is 0 Å². The molecule has 1 aliphatic rings. The molecule has 0 aromatic rings. The highest BCUT2D eigenvalue weighted by atomic mass is 32.3. The van der Waals surface area contributed by atoms with Crippen LogP contribution in [0.25, 0.3) is 0 Å². The lowest BCUT2D eigenvalue weighted by molar-refractivity contribution is -0.509. The molecule has 6 nitrogen and oxygen atoms in total. The van der Waals surface area contributed by atoms with Gasteiger partial charge in [0.25, 0.3) is 0 Å². The van der Waals surface area contributed by atoms with Crippen LogP contribution in [0.15, 0.2) is 0 Å². The summed E-state index contributed by atoms with van der Waals surface area (Å²) in [6.07, 6.45) is 2.04. The fraction of sp³-hybridized carbons (Fsp3) is 0.833. The summed E-state index contributed by atoms with van der Waals surface area (Å²) >= 11 is 0. The predicted octanol–water partition coefficient (Wildman–Crippen LogP) is -1.26. The third-order valence-electron chi connectivity index (χ3n) is 1.43.